The van der Waals surface area contributed by atoms with Gasteiger partial charge in [0.05, 0.1) is 11.3 Å². The molecule has 1 aromatic carbocycles. The Balaban J connectivity index is 2.05. The molecule has 0 fully saturated rings. The number of hydrogen-bond donors (Lipinski definition) is 2. The van der Waals surface area contributed by atoms with E-state index in [0.29, 0.717) is 11.3 Å². The van der Waals surface area contributed by atoms with E-state index < -0.39 is 18.0 Å². The Morgan fingerprint density at radius 1 is 1.30 bits per heavy atom. The standard InChI is InChI=1S/C15H13N5O3/c1-9(23-15(22)12-13(17)19-7-6-18-12)14(21)20-11-5-3-2-4-10(11)8-16/h2-7,9H,1H3,(H2,17,19)(H,20,21). The van der Waals surface area contributed by atoms with E-state index in [2.05, 4.69) is 15.3 Å². The molecule has 1 atom stereocenters. The average Bonchev–Trinajstić information content (AvgIpc) is 2.55. The molecule has 1 heterocycles. The first kappa shape index (κ1) is 15.9. The van der Waals surface area contributed by atoms with Crippen LogP contribution in [-0.4, -0.2) is 27.9 Å². The number of hydrogen-bond acceptors (Lipinski definition) is 7. The molecule has 0 spiro atoms. The molecule has 0 saturated heterocycles. The number of amides is 1. The Labute approximate surface area is 131 Å². The summed E-state index contributed by atoms with van der Waals surface area (Å²) in [5.41, 5.74) is 6.00. The molecule has 0 aliphatic rings. The summed E-state index contributed by atoms with van der Waals surface area (Å²) in [6, 6.07) is 8.44. The van der Waals surface area contributed by atoms with Gasteiger partial charge in [-0.25, -0.2) is 14.8 Å². The van der Waals surface area contributed by atoms with Crippen LogP contribution in [0.25, 0.3) is 0 Å². The van der Waals surface area contributed by atoms with Gasteiger partial charge in [-0.1, -0.05) is 12.1 Å². The summed E-state index contributed by atoms with van der Waals surface area (Å²) in [6.07, 6.45) is 1.53. The molecule has 0 radical (unpaired) electrons. The molecule has 2 aromatic rings. The van der Waals surface area contributed by atoms with Crippen LogP contribution >= 0.6 is 0 Å². The zero-order chi connectivity index (χ0) is 16.8. The highest BCUT2D eigenvalue weighted by atomic mass is 16.5. The van der Waals surface area contributed by atoms with Crippen LogP contribution in [0.5, 0.6) is 0 Å². The fourth-order valence-electron chi connectivity index (χ4n) is 1.70. The first-order valence-electron chi connectivity index (χ1n) is 6.60. The molecule has 0 aliphatic heterocycles. The smallest absolute Gasteiger partial charge is 0.361 e. The molecule has 1 aromatic heterocycles. The molecule has 116 valence electrons. The van der Waals surface area contributed by atoms with Crippen molar-refractivity contribution < 1.29 is 14.3 Å². The molecule has 1 amide bonds. The van der Waals surface area contributed by atoms with Gasteiger partial charge >= 0.3 is 5.97 Å². The highest BCUT2D eigenvalue weighted by Crippen LogP contribution is 2.14. The van der Waals surface area contributed by atoms with Gasteiger partial charge in [-0.2, -0.15) is 5.26 Å². The Kier molecular flexibility index (Phi) is 4.84. The SMILES string of the molecule is CC(OC(=O)c1nccnc1N)C(=O)Nc1ccccc1C#N. The van der Waals surface area contributed by atoms with Crippen molar-refractivity contribution in [1.82, 2.24) is 9.97 Å². The van der Waals surface area contributed by atoms with E-state index in [1.54, 1.807) is 24.3 Å². The van der Waals surface area contributed by atoms with E-state index in [-0.39, 0.29) is 11.5 Å². The van der Waals surface area contributed by atoms with Gasteiger partial charge in [0, 0.05) is 12.4 Å². The van der Waals surface area contributed by atoms with Crippen LogP contribution < -0.4 is 11.1 Å². The van der Waals surface area contributed by atoms with E-state index in [0.717, 1.165) is 0 Å². The third kappa shape index (κ3) is 3.79. The second kappa shape index (κ2) is 7.00. The lowest BCUT2D eigenvalue weighted by Crippen LogP contribution is -2.30. The normalized spacial score (nSPS) is 11.1. The van der Waals surface area contributed by atoms with Crippen LogP contribution in [0.1, 0.15) is 23.0 Å². The lowest BCUT2D eigenvalue weighted by Gasteiger charge is -2.14. The van der Waals surface area contributed by atoms with Gasteiger partial charge in [0.1, 0.15) is 6.07 Å². The number of ether oxygens (including phenoxy) is 1. The minimum absolute atomic E-state index is 0.0834. The maximum atomic E-state index is 12.1. The van der Waals surface area contributed by atoms with Crippen LogP contribution in [0, 0.1) is 11.3 Å². The molecule has 0 saturated carbocycles. The average molecular weight is 311 g/mol. The van der Waals surface area contributed by atoms with Crippen molar-refractivity contribution in [3.8, 4) is 6.07 Å². The number of nitrogens with zero attached hydrogens (tertiary/aromatic N) is 3. The van der Waals surface area contributed by atoms with E-state index in [1.807, 2.05) is 6.07 Å². The second-order valence-corrected chi connectivity index (χ2v) is 4.48. The summed E-state index contributed by atoms with van der Waals surface area (Å²) in [7, 11) is 0. The molecule has 0 aliphatic carbocycles. The predicted molar refractivity (Wildman–Crippen MR) is 81.1 cm³/mol. The van der Waals surface area contributed by atoms with E-state index in [9.17, 15) is 9.59 Å². The molecule has 23 heavy (non-hydrogen) atoms. The highest BCUT2D eigenvalue weighted by molar-refractivity contribution is 5.98. The zero-order valence-electron chi connectivity index (χ0n) is 12.2. The fourth-order valence-corrected chi connectivity index (χ4v) is 1.70. The summed E-state index contributed by atoms with van der Waals surface area (Å²) >= 11 is 0. The van der Waals surface area contributed by atoms with Crippen LogP contribution in [0.3, 0.4) is 0 Å². The predicted octanol–water partition coefficient (Wildman–Crippen LogP) is 1.11. The summed E-state index contributed by atoms with van der Waals surface area (Å²) in [5, 5.41) is 11.5. The van der Waals surface area contributed by atoms with Crippen molar-refractivity contribution in [2.24, 2.45) is 0 Å². The van der Waals surface area contributed by atoms with Crippen LogP contribution in [0.15, 0.2) is 36.7 Å². The number of esters is 1. The first-order chi connectivity index (χ1) is 11.0. The van der Waals surface area contributed by atoms with E-state index in [1.165, 1.54) is 19.3 Å². The summed E-state index contributed by atoms with van der Waals surface area (Å²) < 4.78 is 5.01. The van der Waals surface area contributed by atoms with Crippen molar-refractivity contribution in [1.29, 1.82) is 5.26 Å². The number of para-hydroxylation sites is 1. The van der Waals surface area contributed by atoms with Gasteiger partial charge in [-0.3, -0.25) is 4.79 Å². The molecule has 3 N–H and O–H groups in total. The zero-order valence-corrected chi connectivity index (χ0v) is 12.2. The number of nitrogens with one attached hydrogen (secondary N) is 1. The number of nitrogens with two attached hydrogens (primary N) is 1. The van der Waals surface area contributed by atoms with Crippen molar-refractivity contribution in [3.63, 3.8) is 0 Å². The van der Waals surface area contributed by atoms with Gasteiger partial charge in [0.25, 0.3) is 5.91 Å². The van der Waals surface area contributed by atoms with Crippen molar-refractivity contribution >= 4 is 23.4 Å². The van der Waals surface area contributed by atoms with E-state index >= 15 is 0 Å². The Bertz CT molecular complexity index is 785. The quantitative estimate of drug-likeness (QED) is 0.808. The minimum Gasteiger partial charge on any atom is -0.448 e. The number of nitriles is 1. The molecule has 1 unspecified atom stereocenters. The van der Waals surface area contributed by atoms with Crippen LogP contribution in [-0.2, 0) is 9.53 Å². The second-order valence-electron chi connectivity index (χ2n) is 4.48. The number of carbonyl (C=O) groups is 2. The fraction of sp³-hybridized carbons (Fsp3) is 0.133. The van der Waals surface area contributed by atoms with Crippen molar-refractivity contribution in [2.45, 2.75) is 13.0 Å². The van der Waals surface area contributed by atoms with Gasteiger partial charge in [-0.15, -0.1) is 0 Å². The minimum atomic E-state index is -1.10. The molecule has 8 heteroatoms. The Hall–Kier alpha value is -3.47. The Morgan fingerprint density at radius 2 is 2.00 bits per heavy atom. The summed E-state index contributed by atoms with van der Waals surface area (Å²) in [5.74, 6) is -1.52. The van der Waals surface area contributed by atoms with Crippen LogP contribution in [0.2, 0.25) is 0 Å². The molecule has 8 nitrogen and oxygen atoms in total. The molecule has 2 rings (SSSR count). The van der Waals surface area contributed by atoms with Gasteiger partial charge in [0.15, 0.2) is 17.6 Å². The topological polar surface area (TPSA) is 131 Å². The van der Waals surface area contributed by atoms with Gasteiger partial charge in [-0.05, 0) is 19.1 Å². The molecule has 0 bridgehead atoms. The number of benzene rings is 1. The number of carbonyl (C=O) groups excluding carboxylic acids is 2. The lowest BCUT2D eigenvalue weighted by molar-refractivity contribution is -0.123. The number of nitrogen functional groups attached to an aromatic ring is 1. The third-order valence-electron chi connectivity index (χ3n) is 2.88. The largest absolute Gasteiger partial charge is 0.448 e. The number of anilines is 2. The monoisotopic (exact) mass is 311 g/mol. The van der Waals surface area contributed by atoms with Crippen molar-refractivity contribution in [3.05, 3.63) is 47.9 Å². The Morgan fingerprint density at radius 3 is 2.70 bits per heavy atom. The molecular formula is C15H13N5O3. The van der Waals surface area contributed by atoms with Gasteiger partial charge in [0.2, 0.25) is 0 Å². The third-order valence-corrected chi connectivity index (χ3v) is 2.88. The highest BCUT2D eigenvalue weighted by Gasteiger charge is 2.22. The first-order valence-corrected chi connectivity index (χ1v) is 6.60. The maximum absolute atomic E-state index is 12.1. The maximum Gasteiger partial charge on any atom is 0.361 e. The summed E-state index contributed by atoms with van der Waals surface area (Å²) in [6.45, 7) is 1.40. The molecular weight excluding hydrogens is 298 g/mol. The van der Waals surface area contributed by atoms with E-state index in [4.69, 9.17) is 15.7 Å². The van der Waals surface area contributed by atoms with Crippen molar-refractivity contribution in [2.75, 3.05) is 11.1 Å². The lowest BCUT2D eigenvalue weighted by atomic mass is 10.2. The van der Waals surface area contributed by atoms with Crippen LogP contribution in [0.4, 0.5) is 11.5 Å². The number of rotatable bonds is 4. The number of aromatic nitrogens is 2. The summed E-state index contributed by atoms with van der Waals surface area (Å²) in [4.78, 5) is 31.5. The van der Waals surface area contributed by atoms with Gasteiger partial charge < -0.3 is 15.8 Å².